The van der Waals surface area contributed by atoms with Crippen molar-refractivity contribution in [3.63, 3.8) is 0 Å². The Morgan fingerprint density at radius 2 is 1.94 bits per heavy atom. The zero-order chi connectivity index (χ0) is 13.1. The second-order valence-electron chi connectivity index (χ2n) is 5.55. The first-order valence-electron chi connectivity index (χ1n) is 6.08. The van der Waals surface area contributed by atoms with E-state index in [1.807, 2.05) is 20.8 Å². The molecule has 0 saturated heterocycles. The fourth-order valence-electron chi connectivity index (χ4n) is 2.10. The lowest BCUT2D eigenvalue weighted by molar-refractivity contribution is 0.0483. The van der Waals surface area contributed by atoms with Crippen LogP contribution in [-0.2, 0) is 4.74 Å². The van der Waals surface area contributed by atoms with Crippen LogP contribution in [0.1, 0.15) is 46.5 Å². The summed E-state index contributed by atoms with van der Waals surface area (Å²) in [4.78, 5) is 12.2. The van der Waals surface area contributed by atoms with E-state index in [0.29, 0.717) is 4.99 Å². The molecule has 0 aliphatic heterocycles. The molecule has 5 heteroatoms. The zero-order valence-corrected chi connectivity index (χ0v) is 11.6. The lowest BCUT2D eigenvalue weighted by Crippen LogP contribution is -2.47. The molecule has 1 rings (SSSR count). The average Bonchev–Trinajstić information content (AvgIpc) is 2.14. The third-order valence-corrected chi connectivity index (χ3v) is 3.14. The lowest BCUT2D eigenvalue weighted by atomic mass is 9.84. The highest BCUT2D eigenvalue weighted by molar-refractivity contribution is 7.80. The van der Waals surface area contributed by atoms with Gasteiger partial charge in [0, 0.05) is 12.0 Å². The first kappa shape index (κ1) is 14.2. The van der Waals surface area contributed by atoms with Gasteiger partial charge in [-0.1, -0.05) is 25.1 Å². The maximum Gasteiger partial charge on any atom is 0.407 e. The summed E-state index contributed by atoms with van der Waals surface area (Å²) >= 11 is 5.04. The van der Waals surface area contributed by atoms with Crippen LogP contribution in [0, 0.1) is 5.92 Å². The number of carbonyl (C=O) groups is 1. The molecule has 17 heavy (non-hydrogen) atoms. The van der Waals surface area contributed by atoms with E-state index >= 15 is 0 Å². The number of hydrogen-bond acceptors (Lipinski definition) is 3. The Balaban J connectivity index is 2.53. The molecule has 1 fully saturated rings. The van der Waals surface area contributed by atoms with Crippen molar-refractivity contribution in [2.24, 2.45) is 11.7 Å². The molecule has 0 spiro atoms. The number of amides is 1. The van der Waals surface area contributed by atoms with Gasteiger partial charge in [-0.05, 0) is 33.6 Å². The maximum atomic E-state index is 11.7. The van der Waals surface area contributed by atoms with E-state index in [4.69, 9.17) is 22.7 Å². The van der Waals surface area contributed by atoms with Gasteiger partial charge in [-0.25, -0.2) is 4.79 Å². The molecule has 0 aromatic rings. The van der Waals surface area contributed by atoms with Crippen LogP contribution in [-0.4, -0.2) is 22.7 Å². The average molecular weight is 258 g/mol. The highest BCUT2D eigenvalue weighted by atomic mass is 32.1. The molecule has 0 radical (unpaired) electrons. The number of rotatable bonds is 2. The van der Waals surface area contributed by atoms with Crippen LogP contribution in [0.15, 0.2) is 0 Å². The number of hydrogen-bond donors (Lipinski definition) is 2. The van der Waals surface area contributed by atoms with Crippen LogP contribution >= 0.6 is 12.2 Å². The number of alkyl carbamates (subject to hydrolysis) is 1. The van der Waals surface area contributed by atoms with Crippen LogP contribution in [0.25, 0.3) is 0 Å². The Labute approximate surface area is 108 Å². The smallest absolute Gasteiger partial charge is 0.407 e. The number of carbonyl (C=O) groups excluding carboxylic acids is 1. The van der Waals surface area contributed by atoms with E-state index in [0.717, 1.165) is 25.7 Å². The van der Waals surface area contributed by atoms with Gasteiger partial charge < -0.3 is 15.8 Å². The minimum Gasteiger partial charge on any atom is -0.444 e. The van der Waals surface area contributed by atoms with Gasteiger partial charge in [-0.15, -0.1) is 0 Å². The molecule has 1 saturated carbocycles. The highest BCUT2D eigenvalue weighted by Gasteiger charge is 2.29. The predicted octanol–water partition coefficient (Wildman–Crippen LogP) is 2.36. The van der Waals surface area contributed by atoms with Crippen LogP contribution in [0.2, 0.25) is 0 Å². The molecule has 3 N–H and O–H groups in total. The van der Waals surface area contributed by atoms with Gasteiger partial charge in [0.2, 0.25) is 0 Å². The SMILES string of the molecule is CC(C)(C)OC(=O)NC1CCCCC1C(N)=S. The van der Waals surface area contributed by atoms with Crippen molar-refractivity contribution in [3.05, 3.63) is 0 Å². The monoisotopic (exact) mass is 258 g/mol. The van der Waals surface area contributed by atoms with Gasteiger partial charge in [-0.2, -0.15) is 0 Å². The fraction of sp³-hybridized carbons (Fsp3) is 0.833. The number of thiocarbonyl (C=S) groups is 1. The number of ether oxygens (including phenoxy) is 1. The molecule has 1 aliphatic rings. The topological polar surface area (TPSA) is 64.3 Å². The van der Waals surface area contributed by atoms with Crippen molar-refractivity contribution in [3.8, 4) is 0 Å². The van der Waals surface area contributed by atoms with Gasteiger partial charge in [0.25, 0.3) is 0 Å². The summed E-state index contributed by atoms with van der Waals surface area (Å²) in [6.45, 7) is 5.54. The Kier molecular flexibility index (Phi) is 4.74. The Morgan fingerprint density at radius 3 is 2.47 bits per heavy atom. The van der Waals surface area contributed by atoms with Crippen molar-refractivity contribution < 1.29 is 9.53 Å². The Morgan fingerprint density at radius 1 is 1.35 bits per heavy atom. The molecule has 2 unspecified atom stereocenters. The second kappa shape index (κ2) is 5.67. The van der Waals surface area contributed by atoms with Gasteiger partial charge in [0.15, 0.2) is 0 Å². The van der Waals surface area contributed by atoms with Crippen molar-refractivity contribution in [2.45, 2.75) is 58.1 Å². The van der Waals surface area contributed by atoms with Crippen molar-refractivity contribution >= 4 is 23.3 Å². The summed E-state index contributed by atoms with van der Waals surface area (Å²) in [6, 6.07) is 0.0242. The molecular weight excluding hydrogens is 236 g/mol. The quantitative estimate of drug-likeness (QED) is 0.746. The Bertz CT molecular complexity index is 299. The van der Waals surface area contributed by atoms with E-state index in [1.54, 1.807) is 0 Å². The molecular formula is C12H22N2O2S. The van der Waals surface area contributed by atoms with E-state index in [-0.39, 0.29) is 18.1 Å². The molecule has 1 aliphatic carbocycles. The molecule has 0 aromatic heterocycles. The highest BCUT2D eigenvalue weighted by Crippen LogP contribution is 2.25. The lowest BCUT2D eigenvalue weighted by Gasteiger charge is -2.32. The van der Waals surface area contributed by atoms with Gasteiger partial charge in [-0.3, -0.25) is 0 Å². The van der Waals surface area contributed by atoms with E-state index in [9.17, 15) is 4.79 Å². The van der Waals surface area contributed by atoms with E-state index < -0.39 is 5.60 Å². The summed E-state index contributed by atoms with van der Waals surface area (Å²) < 4.78 is 5.23. The van der Waals surface area contributed by atoms with Crippen LogP contribution in [0.5, 0.6) is 0 Å². The Hall–Kier alpha value is -0.840. The maximum absolute atomic E-state index is 11.7. The van der Waals surface area contributed by atoms with Crippen molar-refractivity contribution in [2.75, 3.05) is 0 Å². The molecule has 2 atom stereocenters. The molecule has 98 valence electrons. The fourth-order valence-corrected chi connectivity index (χ4v) is 2.39. The third-order valence-electron chi connectivity index (χ3n) is 2.83. The number of nitrogens with one attached hydrogen (secondary N) is 1. The van der Waals surface area contributed by atoms with Gasteiger partial charge >= 0.3 is 6.09 Å². The van der Waals surface area contributed by atoms with E-state index in [1.165, 1.54) is 0 Å². The first-order chi connectivity index (χ1) is 7.79. The number of nitrogens with two attached hydrogens (primary N) is 1. The zero-order valence-electron chi connectivity index (χ0n) is 10.8. The summed E-state index contributed by atoms with van der Waals surface area (Å²) in [6.07, 6.45) is 3.70. The summed E-state index contributed by atoms with van der Waals surface area (Å²) in [5, 5.41) is 2.88. The third kappa shape index (κ3) is 4.89. The van der Waals surface area contributed by atoms with Crippen molar-refractivity contribution in [1.82, 2.24) is 5.32 Å². The second-order valence-corrected chi connectivity index (χ2v) is 6.02. The molecule has 1 amide bonds. The minimum atomic E-state index is -0.475. The van der Waals surface area contributed by atoms with Gasteiger partial charge in [0.1, 0.15) is 5.60 Å². The molecule has 4 nitrogen and oxygen atoms in total. The molecule has 0 heterocycles. The van der Waals surface area contributed by atoms with Gasteiger partial charge in [0.05, 0.1) is 4.99 Å². The van der Waals surface area contributed by atoms with Crippen molar-refractivity contribution in [1.29, 1.82) is 0 Å². The van der Waals surface area contributed by atoms with Crippen LogP contribution in [0.3, 0.4) is 0 Å². The summed E-state index contributed by atoms with van der Waals surface area (Å²) in [7, 11) is 0. The molecule has 0 bridgehead atoms. The van der Waals surface area contributed by atoms with Crippen LogP contribution in [0.4, 0.5) is 4.79 Å². The minimum absolute atomic E-state index is 0.0242. The first-order valence-corrected chi connectivity index (χ1v) is 6.49. The van der Waals surface area contributed by atoms with E-state index in [2.05, 4.69) is 5.32 Å². The molecule has 0 aromatic carbocycles. The standard InChI is InChI=1S/C12H22N2O2S/c1-12(2,3)16-11(15)14-9-7-5-4-6-8(9)10(13)17/h8-9H,4-7H2,1-3H3,(H2,13,17)(H,14,15). The summed E-state index contributed by atoms with van der Waals surface area (Å²) in [5.74, 6) is 0.103. The summed E-state index contributed by atoms with van der Waals surface area (Å²) in [5.41, 5.74) is 5.23. The normalized spacial score (nSPS) is 25.1. The van der Waals surface area contributed by atoms with Crippen LogP contribution < -0.4 is 11.1 Å². The largest absolute Gasteiger partial charge is 0.444 e. The predicted molar refractivity (Wildman–Crippen MR) is 71.9 cm³/mol.